The largest absolute Gasteiger partial charge is 0.456 e. The molecule has 6 rings (SSSR count). The van der Waals surface area contributed by atoms with Gasteiger partial charge in [0.2, 0.25) is 0 Å². The number of rotatable bonds is 4. The minimum Gasteiger partial charge on any atom is -0.456 e. The Morgan fingerprint density at radius 2 is 1.27 bits per heavy atom. The molecule has 0 aliphatic rings. The van der Waals surface area contributed by atoms with E-state index in [1.165, 1.54) is 21.7 Å². The van der Waals surface area contributed by atoms with Gasteiger partial charge in [-0.15, -0.1) is 0 Å². The molecule has 0 fully saturated rings. The minimum absolute atomic E-state index is 0.506. The van der Waals surface area contributed by atoms with Crippen LogP contribution in [0.25, 0.3) is 32.7 Å². The molecule has 0 saturated carbocycles. The fourth-order valence-electron chi connectivity index (χ4n) is 4.71. The second kappa shape index (κ2) is 7.83. The highest BCUT2D eigenvalue weighted by atomic mass is 16.3. The summed E-state index contributed by atoms with van der Waals surface area (Å²) in [7, 11) is 0. The monoisotopic (exact) mass is 427 g/mol. The Hall–Kier alpha value is -4.04. The van der Waals surface area contributed by atoms with Crippen LogP contribution in [0.15, 0.2) is 114 Å². The normalized spacial score (nSPS) is 11.6. The number of anilines is 3. The van der Waals surface area contributed by atoms with E-state index < -0.39 is 0 Å². The number of furan rings is 1. The number of nitrogens with zero attached hydrogens (tertiary/aromatic N) is 1. The van der Waals surface area contributed by atoms with Gasteiger partial charge in [-0.1, -0.05) is 74.5 Å². The Morgan fingerprint density at radius 1 is 0.576 bits per heavy atom. The van der Waals surface area contributed by atoms with Crippen molar-refractivity contribution in [3.63, 3.8) is 0 Å². The van der Waals surface area contributed by atoms with Gasteiger partial charge in [0.15, 0.2) is 0 Å². The van der Waals surface area contributed by atoms with Crippen LogP contribution in [-0.4, -0.2) is 0 Å². The fraction of sp³-hybridized carbons (Fsp3) is 0.0968. The van der Waals surface area contributed by atoms with Crippen molar-refractivity contribution < 1.29 is 4.42 Å². The van der Waals surface area contributed by atoms with Gasteiger partial charge in [-0.2, -0.15) is 0 Å². The van der Waals surface area contributed by atoms with Crippen molar-refractivity contribution in [3.8, 4) is 0 Å². The average molecular weight is 428 g/mol. The van der Waals surface area contributed by atoms with Crippen molar-refractivity contribution >= 4 is 49.8 Å². The second-order valence-corrected chi connectivity index (χ2v) is 8.86. The summed E-state index contributed by atoms with van der Waals surface area (Å²) in [6.07, 6.45) is 0. The number of fused-ring (bicyclic) bond motifs is 5. The van der Waals surface area contributed by atoms with E-state index in [1.807, 2.05) is 0 Å². The van der Waals surface area contributed by atoms with Gasteiger partial charge in [0.1, 0.15) is 11.2 Å². The summed E-state index contributed by atoms with van der Waals surface area (Å²) < 4.78 is 6.35. The zero-order chi connectivity index (χ0) is 22.4. The lowest BCUT2D eigenvalue weighted by Gasteiger charge is -2.25. The zero-order valence-corrected chi connectivity index (χ0v) is 18.8. The highest BCUT2D eigenvalue weighted by Gasteiger charge is 2.16. The van der Waals surface area contributed by atoms with Crippen LogP contribution in [0.5, 0.6) is 0 Å². The standard InChI is InChI=1S/C31H25NO/c1-21(2)22-12-15-25(16-13-22)32(24-9-4-3-5-10-24)26-17-18-28-30(20-26)33-29-19-14-23-8-6-7-11-27(23)31(28)29/h3-21H,1-2H3. The number of para-hydroxylation sites is 1. The smallest absolute Gasteiger partial charge is 0.137 e. The Kier molecular flexibility index (Phi) is 4.66. The SMILES string of the molecule is CC(C)c1ccc(N(c2ccccc2)c2ccc3c(c2)oc2ccc4ccccc4c23)cc1. The molecule has 2 nitrogen and oxygen atoms in total. The first-order valence-electron chi connectivity index (χ1n) is 11.5. The van der Waals surface area contributed by atoms with Crippen molar-refractivity contribution in [2.75, 3.05) is 4.90 Å². The molecule has 1 aromatic heterocycles. The zero-order valence-electron chi connectivity index (χ0n) is 18.8. The summed E-state index contributed by atoms with van der Waals surface area (Å²) >= 11 is 0. The van der Waals surface area contributed by atoms with Crippen LogP contribution in [0.2, 0.25) is 0 Å². The average Bonchev–Trinajstić information content (AvgIpc) is 3.24. The maximum atomic E-state index is 6.35. The number of hydrogen-bond acceptors (Lipinski definition) is 2. The maximum absolute atomic E-state index is 6.35. The van der Waals surface area contributed by atoms with E-state index in [4.69, 9.17) is 4.42 Å². The lowest BCUT2D eigenvalue weighted by molar-refractivity contribution is 0.669. The molecule has 0 amide bonds. The van der Waals surface area contributed by atoms with Crippen LogP contribution in [-0.2, 0) is 0 Å². The van der Waals surface area contributed by atoms with Gasteiger partial charge < -0.3 is 9.32 Å². The van der Waals surface area contributed by atoms with Gasteiger partial charge in [0.25, 0.3) is 0 Å². The molecule has 5 aromatic carbocycles. The van der Waals surface area contributed by atoms with Gasteiger partial charge in [-0.05, 0) is 64.7 Å². The van der Waals surface area contributed by atoms with Crippen LogP contribution in [0.4, 0.5) is 17.1 Å². The molecule has 0 aliphatic carbocycles. The highest BCUT2D eigenvalue weighted by molar-refractivity contribution is 6.19. The van der Waals surface area contributed by atoms with E-state index in [0.717, 1.165) is 33.6 Å². The van der Waals surface area contributed by atoms with Crippen LogP contribution in [0.1, 0.15) is 25.3 Å². The summed E-state index contributed by atoms with van der Waals surface area (Å²) in [5, 5.41) is 4.79. The Labute approximate surface area is 193 Å². The third-order valence-electron chi connectivity index (χ3n) is 6.44. The summed E-state index contributed by atoms with van der Waals surface area (Å²) in [5.74, 6) is 0.506. The van der Waals surface area contributed by atoms with Crippen molar-refractivity contribution in [2.24, 2.45) is 0 Å². The first kappa shape index (κ1) is 19.6. The molecule has 1 heterocycles. The lowest BCUT2D eigenvalue weighted by atomic mass is 10.0. The molecule has 0 atom stereocenters. The third-order valence-corrected chi connectivity index (χ3v) is 6.44. The van der Waals surface area contributed by atoms with E-state index in [1.54, 1.807) is 0 Å². The van der Waals surface area contributed by atoms with Crippen molar-refractivity contribution in [2.45, 2.75) is 19.8 Å². The van der Waals surface area contributed by atoms with E-state index in [2.05, 4.69) is 128 Å². The molecular weight excluding hydrogens is 402 g/mol. The fourth-order valence-corrected chi connectivity index (χ4v) is 4.71. The van der Waals surface area contributed by atoms with Crippen LogP contribution in [0, 0.1) is 0 Å². The molecule has 160 valence electrons. The summed E-state index contributed by atoms with van der Waals surface area (Å²) in [4.78, 5) is 2.29. The quantitative estimate of drug-likeness (QED) is 0.279. The molecule has 33 heavy (non-hydrogen) atoms. The number of hydrogen-bond donors (Lipinski definition) is 0. The van der Waals surface area contributed by atoms with E-state index in [-0.39, 0.29) is 0 Å². The minimum atomic E-state index is 0.506. The molecule has 0 spiro atoms. The van der Waals surface area contributed by atoms with Gasteiger partial charge in [-0.25, -0.2) is 0 Å². The molecule has 0 unspecified atom stereocenters. The molecule has 0 bridgehead atoms. The van der Waals surface area contributed by atoms with Gasteiger partial charge in [-0.3, -0.25) is 0 Å². The van der Waals surface area contributed by atoms with E-state index in [0.29, 0.717) is 5.92 Å². The molecule has 6 aromatic rings. The van der Waals surface area contributed by atoms with Crippen LogP contribution < -0.4 is 4.90 Å². The first-order valence-corrected chi connectivity index (χ1v) is 11.5. The molecule has 0 saturated heterocycles. The first-order chi connectivity index (χ1) is 16.2. The second-order valence-electron chi connectivity index (χ2n) is 8.86. The van der Waals surface area contributed by atoms with Crippen molar-refractivity contribution in [3.05, 3.63) is 115 Å². The van der Waals surface area contributed by atoms with Crippen molar-refractivity contribution in [1.82, 2.24) is 0 Å². The topological polar surface area (TPSA) is 16.4 Å². The van der Waals surface area contributed by atoms with Crippen LogP contribution >= 0.6 is 0 Å². The highest BCUT2D eigenvalue weighted by Crippen LogP contribution is 2.40. The molecule has 0 N–H and O–H groups in total. The Bertz CT molecular complexity index is 1580. The number of benzene rings is 5. The van der Waals surface area contributed by atoms with Crippen molar-refractivity contribution in [1.29, 1.82) is 0 Å². The summed E-state index contributed by atoms with van der Waals surface area (Å²) in [5.41, 5.74) is 6.50. The Morgan fingerprint density at radius 3 is 2.06 bits per heavy atom. The molecule has 0 aliphatic heterocycles. The van der Waals surface area contributed by atoms with Gasteiger partial charge >= 0.3 is 0 Å². The molecule has 0 radical (unpaired) electrons. The summed E-state index contributed by atoms with van der Waals surface area (Å²) in [6.45, 7) is 4.45. The summed E-state index contributed by atoms with van der Waals surface area (Å²) in [6, 6.07) is 38.6. The third kappa shape index (κ3) is 3.35. The maximum Gasteiger partial charge on any atom is 0.137 e. The van der Waals surface area contributed by atoms with E-state index >= 15 is 0 Å². The van der Waals surface area contributed by atoms with Crippen LogP contribution in [0.3, 0.4) is 0 Å². The van der Waals surface area contributed by atoms with Gasteiger partial charge in [0.05, 0.1) is 0 Å². The molecule has 2 heteroatoms. The lowest BCUT2D eigenvalue weighted by Crippen LogP contribution is -2.09. The predicted molar refractivity (Wildman–Crippen MR) is 140 cm³/mol. The Balaban J connectivity index is 1.54. The van der Waals surface area contributed by atoms with E-state index in [9.17, 15) is 0 Å². The predicted octanol–water partition coefficient (Wildman–Crippen LogP) is 9.33. The molecular formula is C31H25NO. The van der Waals surface area contributed by atoms with Gasteiger partial charge in [0, 0.05) is 33.9 Å².